The second kappa shape index (κ2) is 5.80. The van der Waals surface area contributed by atoms with E-state index in [1.54, 1.807) is 12.1 Å². The fourth-order valence-electron chi connectivity index (χ4n) is 1.41. The third-order valence-electron chi connectivity index (χ3n) is 2.11. The van der Waals surface area contributed by atoms with E-state index in [1.165, 1.54) is 26.4 Å². The summed E-state index contributed by atoms with van der Waals surface area (Å²) in [6.07, 6.45) is -1.19. The molecule has 1 unspecified atom stereocenters. The van der Waals surface area contributed by atoms with Gasteiger partial charge >= 0.3 is 0 Å². The third kappa shape index (κ3) is 3.58. The maximum absolute atomic E-state index is 12.8. The molecule has 0 amide bonds. The van der Waals surface area contributed by atoms with Crippen molar-refractivity contribution in [3.63, 3.8) is 0 Å². The van der Waals surface area contributed by atoms with E-state index in [9.17, 15) is 9.50 Å². The molecule has 0 aromatic heterocycles. The molecule has 84 valence electrons. The first-order valence-corrected chi connectivity index (χ1v) is 4.65. The molecule has 0 aliphatic rings. The van der Waals surface area contributed by atoms with Gasteiger partial charge in [0.2, 0.25) is 0 Å². The van der Waals surface area contributed by atoms with Crippen molar-refractivity contribution in [2.75, 3.05) is 14.2 Å². The molecule has 1 rings (SSSR count). The zero-order valence-electron chi connectivity index (χ0n) is 8.81. The van der Waals surface area contributed by atoms with Crippen LogP contribution in [0.1, 0.15) is 5.56 Å². The van der Waals surface area contributed by atoms with Crippen LogP contribution in [-0.2, 0) is 15.9 Å². The molecule has 0 bridgehead atoms. The van der Waals surface area contributed by atoms with Crippen LogP contribution in [0.5, 0.6) is 0 Å². The van der Waals surface area contributed by atoms with Crippen molar-refractivity contribution in [2.45, 2.75) is 18.8 Å². The highest BCUT2D eigenvalue weighted by Crippen LogP contribution is 2.10. The minimum Gasteiger partial charge on any atom is -0.387 e. The van der Waals surface area contributed by atoms with Gasteiger partial charge < -0.3 is 14.6 Å². The van der Waals surface area contributed by atoms with Crippen LogP contribution in [0.25, 0.3) is 0 Å². The Labute approximate surface area is 88.4 Å². The summed E-state index contributed by atoms with van der Waals surface area (Å²) < 4.78 is 22.6. The molecule has 3 nitrogen and oxygen atoms in total. The van der Waals surface area contributed by atoms with Crippen LogP contribution < -0.4 is 0 Å². The van der Waals surface area contributed by atoms with Crippen LogP contribution in [-0.4, -0.2) is 31.7 Å². The number of methoxy groups -OCH3 is 2. The number of aliphatic hydroxyl groups is 1. The lowest BCUT2D eigenvalue weighted by Crippen LogP contribution is -2.31. The number of benzene rings is 1. The largest absolute Gasteiger partial charge is 0.387 e. The molecule has 0 fully saturated rings. The van der Waals surface area contributed by atoms with E-state index < -0.39 is 12.4 Å². The Hall–Kier alpha value is -0.970. The molecule has 0 saturated heterocycles. The first-order valence-electron chi connectivity index (χ1n) is 4.65. The summed E-state index contributed by atoms with van der Waals surface area (Å²) in [5.41, 5.74) is 0.710. The highest BCUT2D eigenvalue weighted by atomic mass is 19.1. The highest BCUT2D eigenvalue weighted by molar-refractivity contribution is 5.17. The highest BCUT2D eigenvalue weighted by Gasteiger charge is 2.18. The Kier molecular flexibility index (Phi) is 4.68. The maximum Gasteiger partial charge on any atom is 0.183 e. The van der Waals surface area contributed by atoms with Gasteiger partial charge in [-0.15, -0.1) is 0 Å². The zero-order chi connectivity index (χ0) is 11.3. The van der Waals surface area contributed by atoms with Gasteiger partial charge in [-0.1, -0.05) is 12.1 Å². The molecule has 1 aromatic carbocycles. The average Bonchev–Trinajstić information content (AvgIpc) is 2.19. The molecule has 0 radical (unpaired) electrons. The molecule has 1 aromatic rings. The lowest BCUT2D eigenvalue weighted by molar-refractivity contribution is -0.163. The van der Waals surface area contributed by atoms with Crippen LogP contribution in [0.3, 0.4) is 0 Å². The van der Waals surface area contributed by atoms with Gasteiger partial charge in [-0.3, -0.25) is 0 Å². The van der Waals surface area contributed by atoms with Crippen molar-refractivity contribution in [3.05, 3.63) is 35.6 Å². The predicted molar refractivity (Wildman–Crippen MR) is 53.9 cm³/mol. The fraction of sp³-hybridized carbons (Fsp3) is 0.455. The van der Waals surface area contributed by atoms with Gasteiger partial charge in [0, 0.05) is 20.6 Å². The number of hydrogen-bond acceptors (Lipinski definition) is 3. The molecule has 1 atom stereocenters. The summed E-state index contributed by atoms with van der Waals surface area (Å²) in [5, 5.41) is 9.68. The Morgan fingerprint density at radius 1 is 1.33 bits per heavy atom. The molecule has 1 N–H and O–H groups in total. The summed E-state index contributed by atoms with van der Waals surface area (Å²) in [7, 11) is 2.89. The van der Waals surface area contributed by atoms with E-state index in [-0.39, 0.29) is 5.82 Å². The molecule has 0 heterocycles. The second-order valence-electron chi connectivity index (χ2n) is 3.24. The van der Waals surface area contributed by atoms with Crippen molar-refractivity contribution in [1.29, 1.82) is 0 Å². The van der Waals surface area contributed by atoms with Crippen molar-refractivity contribution >= 4 is 0 Å². The normalized spacial score (nSPS) is 13.1. The molecular weight excluding hydrogens is 199 g/mol. The van der Waals surface area contributed by atoms with Crippen LogP contribution in [0.15, 0.2) is 24.3 Å². The average molecular weight is 214 g/mol. The van der Waals surface area contributed by atoms with E-state index in [0.29, 0.717) is 12.0 Å². The minimum atomic E-state index is -0.804. The van der Waals surface area contributed by atoms with Gasteiger partial charge in [0.05, 0.1) is 0 Å². The number of halogens is 1. The summed E-state index contributed by atoms with van der Waals surface area (Å²) in [4.78, 5) is 0. The molecule has 0 saturated carbocycles. The fourth-order valence-corrected chi connectivity index (χ4v) is 1.41. The van der Waals surface area contributed by atoms with Gasteiger partial charge in [-0.25, -0.2) is 4.39 Å². The van der Waals surface area contributed by atoms with Gasteiger partial charge in [0.25, 0.3) is 0 Å². The molecule has 0 aliphatic carbocycles. The lowest BCUT2D eigenvalue weighted by Gasteiger charge is -2.19. The first kappa shape index (κ1) is 12.1. The quantitative estimate of drug-likeness (QED) is 0.752. The van der Waals surface area contributed by atoms with Crippen molar-refractivity contribution < 1.29 is 19.0 Å². The summed E-state index contributed by atoms with van der Waals surface area (Å²) in [6, 6.07) is 6.09. The van der Waals surface area contributed by atoms with Gasteiger partial charge in [-0.2, -0.15) is 0 Å². The van der Waals surface area contributed by atoms with Crippen LogP contribution in [0, 0.1) is 5.82 Å². The molecule has 0 aliphatic heterocycles. The topological polar surface area (TPSA) is 38.7 Å². The summed E-state index contributed by atoms with van der Waals surface area (Å²) >= 11 is 0. The van der Waals surface area contributed by atoms with Gasteiger partial charge in [0.1, 0.15) is 11.9 Å². The zero-order valence-corrected chi connectivity index (χ0v) is 8.81. The van der Waals surface area contributed by atoms with Gasteiger partial charge in [0.15, 0.2) is 6.29 Å². The van der Waals surface area contributed by atoms with Crippen molar-refractivity contribution in [1.82, 2.24) is 0 Å². The Balaban J connectivity index is 2.61. The second-order valence-corrected chi connectivity index (χ2v) is 3.24. The number of rotatable bonds is 5. The molecule has 4 heteroatoms. The molecule has 0 spiro atoms. The van der Waals surface area contributed by atoms with E-state index in [4.69, 9.17) is 9.47 Å². The first-order chi connectivity index (χ1) is 7.17. The Morgan fingerprint density at radius 2 is 2.00 bits per heavy atom. The van der Waals surface area contributed by atoms with E-state index in [0.717, 1.165) is 0 Å². The molecular formula is C11H15FO3. The standard InChI is InChI=1S/C11H15FO3/c1-14-11(15-2)10(13)7-8-4-3-5-9(12)6-8/h3-6,10-11,13H,7H2,1-2H3. The maximum atomic E-state index is 12.8. The van der Waals surface area contributed by atoms with Crippen molar-refractivity contribution in [3.8, 4) is 0 Å². The number of aliphatic hydroxyl groups excluding tert-OH is 1. The SMILES string of the molecule is COC(OC)C(O)Cc1cccc(F)c1. The van der Waals surface area contributed by atoms with Gasteiger partial charge in [-0.05, 0) is 17.7 Å². The Morgan fingerprint density at radius 3 is 2.53 bits per heavy atom. The predicted octanol–water partition coefficient (Wildman–Crippen LogP) is 1.35. The van der Waals surface area contributed by atoms with Crippen molar-refractivity contribution in [2.24, 2.45) is 0 Å². The smallest absolute Gasteiger partial charge is 0.183 e. The third-order valence-corrected chi connectivity index (χ3v) is 2.11. The lowest BCUT2D eigenvalue weighted by atomic mass is 10.1. The minimum absolute atomic E-state index is 0.296. The van der Waals surface area contributed by atoms with E-state index in [2.05, 4.69) is 0 Å². The molecule has 15 heavy (non-hydrogen) atoms. The summed E-state index contributed by atoms with van der Waals surface area (Å²) in [6.45, 7) is 0. The van der Waals surface area contributed by atoms with Crippen LogP contribution >= 0.6 is 0 Å². The number of hydrogen-bond donors (Lipinski definition) is 1. The Bertz CT molecular complexity index is 300. The van der Waals surface area contributed by atoms with E-state index in [1.807, 2.05) is 0 Å². The number of ether oxygens (including phenoxy) is 2. The summed E-state index contributed by atoms with van der Waals surface area (Å²) in [5.74, 6) is -0.314. The van der Waals surface area contributed by atoms with Crippen LogP contribution in [0.4, 0.5) is 4.39 Å². The van der Waals surface area contributed by atoms with Crippen LogP contribution in [0.2, 0.25) is 0 Å². The monoisotopic (exact) mass is 214 g/mol. The van der Waals surface area contributed by atoms with E-state index >= 15 is 0 Å².